The Labute approximate surface area is 95.9 Å². The van der Waals surface area contributed by atoms with E-state index in [2.05, 4.69) is 45.7 Å². The normalized spacial score (nSPS) is 54.6. The molecule has 0 aromatic carbocycles. The quantitative estimate of drug-likeness (QED) is 0.680. The van der Waals surface area contributed by atoms with Crippen LogP contribution < -0.4 is 0 Å². The fourth-order valence-electron chi connectivity index (χ4n) is 3.07. The first-order chi connectivity index (χ1) is 5.97. The van der Waals surface area contributed by atoms with Gasteiger partial charge in [0, 0.05) is 10.7 Å². The lowest BCUT2D eigenvalue weighted by Gasteiger charge is -2.34. The van der Waals surface area contributed by atoms with Gasteiger partial charge < -0.3 is 0 Å². The van der Waals surface area contributed by atoms with Gasteiger partial charge in [0.2, 0.25) is 0 Å². The molecule has 2 aliphatic carbocycles. The molecular weight excluding hydrogens is 296 g/mol. The number of hydrogen-bond acceptors (Lipinski definition) is 1. The molecule has 0 aromatic heterocycles. The molecule has 4 atom stereocenters. The lowest BCUT2D eigenvalue weighted by molar-refractivity contribution is -0.127. The van der Waals surface area contributed by atoms with E-state index in [0.717, 1.165) is 11.8 Å². The van der Waals surface area contributed by atoms with Gasteiger partial charge in [-0.3, -0.25) is 4.79 Å². The average molecular weight is 310 g/mol. The Morgan fingerprint density at radius 3 is 2.46 bits per heavy atom. The number of Topliss-reactive ketones (excluding diaryl/α,β-unsaturated/α-hetero) is 1. The molecule has 0 amide bonds. The fraction of sp³-hybridized carbons (Fsp3) is 0.900. The van der Waals surface area contributed by atoms with E-state index in [-0.39, 0.29) is 15.7 Å². The van der Waals surface area contributed by atoms with E-state index in [0.29, 0.717) is 11.7 Å². The summed E-state index contributed by atoms with van der Waals surface area (Å²) >= 11 is 7.11. The Balaban J connectivity index is 2.49. The molecule has 2 aliphatic rings. The van der Waals surface area contributed by atoms with Gasteiger partial charge in [-0.25, -0.2) is 0 Å². The van der Waals surface area contributed by atoms with E-state index < -0.39 is 0 Å². The molecule has 2 unspecified atom stereocenters. The second-order valence-corrected chi connectivity index (χ2v) is 6.34. The molecule has 0 spiro atoms. The maximum Gasteiger partial charge on any atom is 0.153 e. The number of alkyl halides is 2. The maximum atomic E-state index is 12.0. The standard InChI is InChI=1S/C10H14Br2O/c1-9-4-3-6(7(12)8(9)13)10(9,2)5-11/h6-7H,3-5H2,1-2H3/t6?,7?,9-,10+/m0/s1. The van der Waals surface area contributed by atoms with Crippen LogP contribution in [0.3, 0.4) is 0 Å². The molecule has 0 saturated heterocycles. The van der Waals surface area contributed by atoms with Crippen molar-refractivity contribution in [2.45, 2.75) is 31.5 Å². The molecule has 74 valence electrons. The Hall–Kier alpha value is 0.630. The number of fused-ring (bicyclic) bond motifs is 2. The molecule has 13 heavy (non-hydrogen) atoms. The van der Waals surface area contributed by atoms with Crippen LogP contribution >= 0.6 is 31.9 Å². The second kappa shape index (κ2) is 2.82. The number of halogens is 2. The zero-order valence-corrected chi connectivity index (χ0v) is 11.1. The van der Waals surface area contributed by atoms with Gasteiger partial charge in [0.25, 0.3) is 0 Å². The monoisotopic (exact) mass is 308 g/mol. The Morgan fingerprint density at radius 1 is 1.54 bits per heavy atom. The minimum atomic E-state index is -0.0880. The summed E-state index contributed by atoms with van der Waals surface area (Å²) in [5.74, 6) is 0.954. The van der Waals surface area contributed by atoms with Gasteiger partial charge in [-0.1, -0.05) is 45.7 Å². The predicted molar refractivity (Wildman–Crippen MR) is 60.5 cm³/mol. The summed E-state index contributed by atoms with van der Waals surface area (Å²) in [4.78, 5) is 12.1. The Morgan fingerprint density at radius 2 is 2.15 bits per heavy atom. The number of carbonyl (C=O) groups is 1. The van der Waals surface area contributed by atoms with Crippen LogP contribution in [0.1, 0.15) is 26.7 Å². The highest BCUT2D eigenvalue weighted by atomic mass is 79.9. The molecule has 1 nitrogen and oxygen atoms in total. The first kappa shape index (κ1) is 10.2. The van der Waals surface area contributed by atoms with Gasteiger partial charge in [-0.2, -0.15) is 0 Å². The summed E-state index contributed by atoms with van der Waals surface area (Å²) in [6.07, 6.45) is 2.26. The highest BCUT2D eigenvalue weighted by molar-refractivity contribution is 9.10. The van der Waals surface area contributed by atoms with E-state index in [1.54, 1.807) is 0 Å². The molecule has 2 saturated carbocycles. The maximum absolute atomic E-state index is 12.0. The van der Waals surface area contributed by atoms with Crippen LogP contribution in [0.5, 0.6) is 0 Å². The summed E-state index contributed by atoms with van der Waals surface area (Å²) in [5.41, 5.74) is 0.0770. The van der Waals surface area contributed by atoms with Crippen LogP contribution in [-0.4, -0.2) is 15.9 Å². The van der Waals surface area contributed by atoms with Gasteiger partial charge >= 0.3 is 0 Å². The Kier molecular flexibility index (Phi) is 2.20. The van der Waals surface area contributed by atoms with E-state index in [1.807, 2.05) is 0 Å². The van der Waals surface area contributed by atoms with Crippen LogP contribution in [0.4, 0.5) is 0 Å². The zero-order valence-electron chi connectivity index (χ0n) is 7.94. The summed E-state index contributed by atoms with van der Waals surface area (Å²) in [5, 5.41) is 0.939. The van der Waals surface area contributed by atoms with Crippen molar-refractivity contribution in [2.24, 2.45) is 16.7 Å². The van der Waals surface area contributed by atoms with Crippen LogP contribution in [0, 0.1) is 16.7 Å². The molecular formula is C10H14Br2O. The number of rotatable bonds is 1. The summed E-state index contributed by atoms with van der Waals surface area (Å²) in [6.45, 7) is 4.39. The van der Waals surface area contributed by atoms with E-state index in [1.165, 1.54) is 6.42 Å². The fourth-order valence-corrected chi connectivity index (χ4v) is 5.45. The Bertz CT molecular complexity index is 266. The topological polar surface area (TPSA) is 17.1 Å². The van der Waals surface area contributed by atoms with Crippen molar-refractivity contribution in [1.82, 2.24) is 0 Å². The van der Waals surface area contributed by atoms with E-state index in [9.17, 15) is 4.79 Å². The molecule has 3 heteroatoms. The third-order valence-corrected chi connectivity index (χ3v) is 6.68. The minimum Gasteiger partial charge on any atom is -0.298 e. The molecule has 0 heterocycles. The smallest absolute Gasteiger partial charge is 0.153 e. The largest absolute Gasteiger partial charge is 0.298 e. The van der Waals surface area contributed by atoms with Crippen LogP contribution in [-0.2, 0) is 4.79 Å². The molecule has 0 radical (unpaired) electrons. The van der Waals surface area contributed by atoms with Crippen LogP contribution in [0.2, 0.25) is 0 Å². The van der Waals surface area contributed by atoms with Crippen molar-refractivity contribution in [3.05, 3.63) is 0 Å². The lowest BCUT2D eigenvalue weighted by atomic mass is 9.70. The highest BCUT2D eigenvalue weighted by Gasteiger charge is 2.67. The van der Waals surface area contributed by atoms with E-state index >= 15 is 0 Å². The van der Waals surface area contributed by atoms with Crippen LogP contribution in [0.25, 0.3) is 0 Å². The molecule has 0 aliphatic heterocycles. The van der Waals surface area contributed by atoms with Crippen LogP contribution in [0.15, 0.2) is 0 Å². The lowest BCUT2D eigenvalue weighted by Crippen LogP contribution is -2.36. The van der Waals surface area contributed by atoms with Gasteiger partial charge in [0.15, 0.2) is 5.78 Å². The molecule has 2 bridgehead atoms. The van der Waals surface area contributed by atoms with E-state index in [4.69, 9.17) is 0 Å². The molecule has 0 N–H and O–H groups in total. The highest BCUT2D eigenvalue weighted by Crippen LogP contribution is 2.65. The predicted octanol–water partition coefficient (Wildman–Crippen LogP) is 3.15. The first-order valence-corrected chi connectivity index (χ1v) is 6.75. The summed E-state index contributed by atoms with van der Waals surface area (Å²) in [6, 6.07) is 0. The van der Waals surface area contributed by atoms with Gasteiger partial charge in [-0.05, 0) is 24.2 Å². The average Bonchev–Trinajstić information content (AvgIpc) is 2.44. The summed E-state index contributed by atoms with van der Waals surface area (Å²) < 4.78 is 0. The number of ketones is 1. The van der Waals surface area contributed by atoms with Gasteiger partial charge in [-0.15, -0.1) is 0 Å². The second-order valence-electron chi connectivity index (χ2n) is 4.79. The first-order valence-electron chi connectivity index (χ1n) is 4.72. The molecule has 2 rings (SSSR count). The summed E-state index contributed by atoms with van der Waals surface area (Å²) in [7, 11) is 0. The SMILES string of the molecule is C[C@]12CCC(C(Br)C1=O)[C@@]2(C)CBr. The van der Waals surface area contributed by atoms with Crippen molar-refractivity contribution in [3.8, 4) is 0 Å². The minimum absolute atomic E-state index is 0.0880. The van der Waals surface area contributed by atoms with Crippen molar-refractivity contribution in [3.63, 3.8) is 0 Å². The zero-order chi connectivity index (χ0) is 9.85. The third-order valence-electron chi connectivity index (χ3n) is 4.46. The molecule has 0 aromatic rings. The van der Waals surface area contributed by atoms with Crippen molar-refractivity contribution in [2.75, 3.05) is 5.33 Å². The van der Waals surface area contributed by atoms with Crippen molar-refractivity contribution < 1.29 is 4.79 Å². The van der Waals surface area contributed by atoms with Gasteiger partial charge in [0.05, 0.1) is 4.83 Å². The van der Waals surface area contributed by atoms with Gasteiger partial charge in [0.1, 0.15) is 0 Å². The van der Waals surface area contributed by atoms with Crippen molar-refractivity contribution >= 4 is 37.6 Å². The number of carbonyl (C=O) groups excluding carboxylic acids is 1. The number of hydrogen-bond donors (Lipinski definition) is 0. The third kappa shape index (κ3) is 0.956. The molecule has 2 fully saturated rings. The van der Waals surface area contributed by atoms with Crippen molar-refractivity contribution in [1.29, 1.82) is 0 Å².